The Balaban J connectivity index is 1.89. The first-order chi connectivity index (χ1) is 6.68. The molecule has 2 aliphatic rings. The van der Waals surface area contributed by atoms with Gasteiger partial charge in [0.2, 0.25) is 0 Å². The van der Waals surface area contributed by atoms with Gasteiger partial charge in [-0.1, -0.05) is 12.2 Å². The van der Waals surface area contributed by atoms with Crippen LogP contribution in [0.1, 0.15) is 19.8 Å². The molecule has 0 amide bonds. The molecule has 0 bridgehead atoms. The lowest BCUT2D eigenvalue weighted by atomic mass is 9.70. The molecule has 0 saturated heterocycles. The van der Waals surface area contributed by atoms with Gasteiger partial charge in [-0.25, -0.2) is 0 Å². The molecule has 3 atom stereocenters. The van der Waals surface area contributed by atoms with Crippen molar-refractivity contribution in [1.29, 1.82) is 0 Å². The van der Waals surface area contributed by atoms with E-state index in [0.29, 0.717) is 12.0 Å². The third-order valence-electron chi connectivity index (χ3n) is 3.59. The van der Waals surface area contributed by atoms with Crippen molar-refractivity contribution in [3.05, 3.63) is 12.2 Å². The summed E-state index contributed by atoms with van der Waals surface area (Å²) in [5.74, 6) is 1.45. The minimum atomic E-state index is -0.522. The van der Waals surface area contributed by atoms with Crippen LogP contribution in [-0.2, 0) is 0 Å². The molecule has 0 aromatic rings. The van der Waals surface area contributed by atoms with Crippen LogP contribution in [0.5, 0.6) is 0 Å². The molecule has 3 unspecified atom stereocenters. The summed E-state index contributed by atoms with van der Waals surface area (Å²) in [5, 5.41) is 21.7. The second-order valence-electron chi connectivity index (χ2n) is 4.86. The monoisotopic (exact) mass is 197 g/mol. The topological polar surface area (TPSA) is 52.5 Å². The Morgan fingerprint density at radius 2 is 2.14 bits per heavy atom. The normalized spacial score (nSPS) is 35.5. The summed E-state index contributed by atoms with van der Waals surface area (Å²) in [4.78, 5) is 0. The fraction of sp³-hybridized carbons (Fsp3) is 0.818. The van der Waals surface area contributed by atoms with Crippen molar-refractivity contribution in [3.63, 3.8) is 0 Å². The quantitative estimate of drug-likeness (QED) is 0.568. The summed E-state index contributed by atoms with van der Waals surface area (Å²) < 4.78 is 0. The molecule has 14 heavy (non-hydrogen) atoms. The number of nitrogens with one attached hydrogen (secondary N) is 1. The maximum Gasteiger partial charge on any atom is 0.0633 e. The van der Waals surface area contributed by atoms with E-state index in [0.717, 1.165) is 5.92 Å². The highest BCUT2D eigenvalue weighted by Gasteiger charge is 2.43. The largest absolute Gasteiger partial charge is 0.394 e. The molecule has 80 valence electrons. The molecule has 0 aromatic heterocycles. The van der Waals surface area contributed by atoms with Crippen LogP contribution in [0.4, 0.5) is 0 Å². The summed E-state index contributed by atoms with van der Waals surface area (Å²) in [6.45, 7) is 1.83. The van der Waals surface area contributed by atoms with Crippen molar-refractivity contribution < 1.29 is 10.2 Å². The second kappa shape index (κ2) is 3.65. The van der Waals surface area contributed by atoms with E-state index in [9.17, 15) is 0 Å². The second-order valence-corrected chi connectivity index (χ2v) is 4.86. The van der Waals surface area contributed by atoms with E-state index >= 15 is 0 Å². The van der Waals surface area contributed by atoms with Crippen molar-refractivity contribution >= 4 is 0 Å². The molecule has 1 fully saturated rings. The fourth-order valence-electron chi connectivity index (χ4n) is 2.47. The molecular weight excluding hydrogens is 178 g/mol. The number of rotatable bonds is 4. The Kier molecular flexibility index (Phi) is 2.64. The van der Waals surface area contributed by atoms with Crippen LogP contribution in [-0.4, -0.2) is 35.0 Å². The van der Waals surface area contributed by atoms with Crippen molar-refractivity contribution in [2.24, 2.45) is 11.8 Å². The molecule has 1 saturated carbocycles. The zero-order valence-corrected chi connectivity index (χ0v) is 8.61. The first-order valence-electron chi connectivity index (χ1n) is 5.34. The van der Waals surface area contributed by atoms with Crippen LogP contribution in [0.15, 0.2) is 12.2 Å². The highest BCUT2D eigenvalue weighted by atomic mass is 16.3. The molecule has 0 spiro atoms. The standard InChI is InChI=1S/C11H19NO2/c1-11(6-13,7-14)12-10-5-8-3-2-4-9(8)10/h2,4,8-10,12-14H,3,5-7H2,1H3. The van der Waals surface area contributed by atoms with E-state index < -0.39 is 5.54 Å². The molecule has 0 heterocycles. The van der Waals surface area contributed by atoms with E-state index in [-0.39, 0.29) is 13.2 Å². The van der Waals surface area contributed by atoms with Crippen molar-refractivity contribution in [2.45, 2.75) is 31.3 Å². The third kappa shape index (κ3) is 1.60. The van der Waals surface area contributed by atoms with Crippen LogP contribution < -0.4 is 5.32 Å². The van der Waals surface area contributed by atoms with E-state index in [4.69, 9.17) is 10.2 Å². The predicted octanol–water partition coefficient (Wildman–Crippen LogP) is 0.284. The minimum absolute atomic E-state index is 0.0128. The van der Waals surface area contributed by atoms with E-state index in [1.165, 1.54) is 12.8 Å². The molecule has 3 heteroatoms. The molecule has 0 radical (unpaired) electrons. The zero-order valence-electron chi connectivity index (χ0n) is 8.61. The average molecular weight is 197 g/mol. The number of aliphatic hydroxyl groups is 2. The highest BCUT2D eigenvalue weighted by molar-refractivity contribution is 5.14. The van der Waals surface area contributed by atoms with E-state index in [2.05, 4.69) is 17.5 Å². The van der Waals surface area contributed by atoms with Crippen molar-refractivity contribution in [2.75, 3.05) is 13.2 Å². The predicted molar refractivity (Wildman–Crippen MR) is 54.9 cm³/mol. The Hall–Kier alpha value is -0.380. The van der Waals surface area contributed by atoms with Gasteiger partial charge in [-0.05, 0) is 31.6 Å². The lowest BCUT2D eigenvalue weighted by molar-refractivity contribution is 0.0531. The molecule has 2 rings (SSSR count). The zero-order chi connectivity index (χ0) is 10.2. The van der Waals surface area contributed by atoms with E-state index in [1.807, 2.05) is 6.92 Å². The lowest BCUT2D eigenvalue weighted by Crippen LogP contribution is -2.60. The minimum Gasteiger partial charge on any atom is -0.394 e. The van der Waals surface area contributed by atoms with Gasteiger partial charge in [0.1, 0.15) is 0 Å². The summed E-state index contributed by atoms with van der Waals surface area (Å²) in [6.07, 6.45) is 6.89. The number of hydrogen-bond donors (Lipinski definition) is 3. The van der Waals surface area contributed by atoms with Gasteiger partial charge < -0.3 is 15.5 Å². The maximum absolute atomic E-state index is 9.15. The van der Waals surface area contributed by atoms with Crippen LogP contribution in [0.25, 0.3) is 0 Å². The van der Waals surface area contributed by atoms with Crippen LogP contribution in [0, 0.1) is 11.8 Å². The summed E-state index contributed by atoms with van der Waals surface area (Å²) in [6, 6.07) is 0.447. The summed E-state index contributed by atoms with van der Waals surface area (Å²) >= 11 is 0. The SMILES string of the molecule is CC(CO)(CO)NC1CC2CC=CC21. The van der Waals surface area contributed by atoms with E-state index in [1.54, 1.807) is 0 Å². The van der Waals surface area contributed by atoms with Gasteiger partial charge >= 0.3 is 0 Å². The van der Waals surface area contributed by atoms with Gasteiger partial charge in [-0.15, -0.1) is 0 Å². The van der Waals surface area contributed by atoms with Crippen molar-refractivity contribution in [3.8, 4) is 0 Å². The fourth-order valence-corrected chi connectivity index (χ4v) is 2.47. The Labute approximate surface area is 84.8 Å². The van der Waals surface area contributed by atoms with Crippen LogP contribution in [0.3, 0.4) is 0 Å². The Morgan fingerprint density at radius 3 is 2.71 bits per heavy atom. The number of fused-ring (bicyclic) bond motifs is 1. The summed E-state index contributed by atoms with van der Waals surface area (Å²) in [7, 11) is 0. The number of hydrogen-bond acceptors (Lipinski definition) is 3. The first-order valence-corrected chi connectivity index (χ1v) is 5.34. The molecule has 3 N–H and O–H groups in total. The molecular formula is C11H19NO2. The van der Waals surface area contributed by atoms with Gasteiger partial charge in [0, 0.05) is 6.04 Å². The third-order valence-corrected chi connectivity index (χ3v) is 3.59. The Morgan fingerprint density at radius 1 is 1.43 bits per heavy atom. The highest BCUT2D eigenvalue weighted by Crippen LogP contribution is 2.43. The van der Waals surface area contributed by atoms with Gasteiger partial charge in [0.05, 0.1) is 18.8 Å². The maximum atomic E-state index is 9.15. The molecule has 2 aliphatic carbocycles. The van der Waals surface area contributed by atoms with Crippen LogP contribution >= 0.6 is 0 Å². The number of aliphatic hydroxyl groups excluding tert-OH is 2. The average Bonchev–Trinajstić information content (AvgIpc) is 2.56. The Bertz CT molecular complexity index is 235. The van der Waals surface area contributed by atoms with Crippen molar-refractivity contribution in [1.82, 2.24) is 5.32 Å². The van der Waals surface area contributed by atoms with Gasteiger partial charge in [0.25, 0.3) is 0 Å². The lowest BCUT2D eigenvalue weighted by Gasteiger charge is -2.45. The van der Waals surface area contributed by atoms with Crippen LogP contribution in [0.2, 0.25) is 0 Å². The molecule has 3 nitrogen and oxygen atoms in total. The first kappa shape index (κ1) is 10.1. The van der Waals surface area contributed by atoms with Gasteiger partial charge in [-0.3, -0.25) is 0 Å². The van der Waals surface area contributed by atoms with Gasteiger partial charge in [0.15, 0.2) is 0 Å². The molecule has 0 aliphatic heterocycles. The summed E-state index contributed by atoms with van der Waals surface area (Å²) in [5.41, 5.74) is -0.522. The van der Waals surface area contributed by atoms with Gasteiger partial charge in [-0.2, -0.15) is 0 Å². The smallest absolute Gasteiger partial charge is 0.0633 e. The molecule has 0 aromatic carbocycles. The number of allylic oxidation sites excluding steroid dienone is 1.